The minimum Gasteiger partial charge on any atom is -0.490 e. The van der Waals surface area contributed by atoms with Gasteiger partial charge in [0, 0.05) is 24.7 Å². The van der Waals surface area contributed by atoms with Gasteiger partial charge in [0.1, 0.15) is 5.82 Å². The highest BCUT2D eigenvalue weighted by molar-refractivity contribution is 14.0. The van der Waals surface area contributed by atoms with E-state index in [1.54, 1.807) is 0 Å². The summed E-state index contributed by atoms with van der Waals surface area (Å²) < 4.78 is 24.4. The summed E-state index contributed by atoms with van der Waals surface area (Å²) in [6.45, 7) is 1.97. The SMILES string of the molecule is I.NC(=NCC1(Cc2ccc(F)cc2)CC1)Nc1ccc2c(c1)OCCCO2. The molecule has 0 unspecified atom stereocenters. The highest BCUT2D eigenvalue weighted by Crippen LogP contribution is 2.48. The van der Waals surface area contributed by atoms with E-state index < -0.39 is 0 Å². The average Bonchev–Trinajstić information content (AvgIpc) is 3.46. The number of guanidine groups is 1. The summed E-state index contributed by atoms with van der Waals surface area (Å²) in [6.07, 6.45) is 4.00. The number of ether oxygens (including phenoxy) is 2. The van der Waals surface area contributed by atoms with Crippen LogP contribution in [0.25, 0.3) is 0 Å². The molecule has 7 heteroatoms. The molecular formula is C21H25FIN3O2. The summed E-state index contributed by atoms with van der Waals surface area (Å²) in [7, 11) is 0. The van der Waals surface area contributed by atoms with Crippen LogP contribution < -0.4 is 20.5 Å². The van der Waals surface area contributed by atoms with Gasteiger partial charge in [-0.15, -0.1) is 24.0 Å². The first-order chi connectivity index (χ1) is 13.1. The zero-order valence-electron chi connectivity index (χ0n) is 15.6. The van der Waals surface area contributed by atoms with Gasteiger partial charge in [-0.25, -0.2) is 4.39 Å². The van der Waals surface area contributed by atoms with E-state index in [0.29, 0.717) is 25.7 Å². The molecule has 0 amide bonds. The summed E-state index contributed by atoms with van der Waals surface area (Å²) in [6, 6.07) is 12.4. The molecule has 0 bridgehead atoms. The van der Waals surface area contributed by atoms with Gasteiger partial charge >= 0.3 is 0 Å². The molecule has 2 aromatic carbocycles. The Kier molecular flexibility index (Phi) is 6.64. The predicted molar refractivity (Wildman–Crippen MR) is 119 cm³/mol. The van der Waals surface area contributed by atoms with E-state index in [2.05, 4.69) is 10.3 Å². The number of nitrogens with zero attached hydrogens (tertiary/aromatic N) is 1. The van der Waals surface area contributed by atoms with E-state index in [4.69, 9.17) is 15.2 Å². The Morgan fingerprint density at radius 2 is 1.79 bits per heavy atom. The van der Waals surface area contributed by atoms with Gasteiger partial charge < -0.3 is 20.5 Å². The Labute approximate surface area is 181 Å². The van der Waals surface area contributed by atoms with Crippen molar-refractivity contribution in [3.63, 3.8) is 0 Å². The summed E-state index contributed by atoms with van der Waals surface area (Å²) in [5.74, 6) is 1.66. The van der Waals surface area contributed by atoms with Gasteiger partial charge in [-0.05, 0) is 54.5 Å². The smallest absolute Gasteiger partial charge is 0.193 e. The van der Waals surface area contributed by atoms with E-state index >= 15 is 0 Å². The van der Waals surface area contributed by atoms with E-state index in [0.717, 1.165) is 48.4 Å². The van der Waals surface area contributed by atoms with E-state index in [9.17, 15) is 4.39 Å². The normalized spacial score (nSPS) is 17.2. The highest BCUT2D eigenvalue weighted by Gasteiger charge is 2.42. The van der Waals surface area contributed by atoms with Crippen molar-refractivity contribution in [3.05, 3.63) is 53.8 Å². The summed E-state index contributed by atoms with van der Waals surface area (Å²) in [5, 5.41) is 3.13. The van der Waals surface area contributed by atoms with Crippen LogP contribution in [-0.2, 0) is 6.42 Å². The van der Waals surface area contributed by atoms with Crippen molar-refractivity contribution in [2.75, 3.05) is 25.1 Å². The minimum absolute atomic E-state index is 0. The minimum atomic E-state index is -0.204. The first kappa shape index (κ1) is 20.7. The Hall–Kier alpha value is -2.03. The Morgan fingerprint density at radius 1 is 1.07 bits per heavy atom. The first-order valence-corrected chi connectivity index (χ1v) is 9.33. The van der Waals surface area contributed by atoms with Gasteiger partial charge in [0.05, 0.1) is 13.2 Å². The molecule has 2 aromatic rings. The molecule has 1 heterocycles. The van der Waals surface area contributed by atoms with Gasteiger partial charge in [0.2, 0.25) is 0 Å². The maximum Gasteiger partial charge on any atom is 0.193 e. The number of rotatable bonds is 5. The van der Waals surface area contributed by atoms with Gasteiger partial charge in [0.25, 0.3) is 0 Å². The van der Waals surface area contributed by atoms with Crippen LogP contribution in [0.5, 0.6) is 11.5 Å². The van der Waals surface area contributed by atoms with E-state index in [1.807, 2.05) is 30.3 Å². The number of halogens is 2. The second kappa shape index (κ2) is 8.98. The number of aliphatic imine (C=N–C) groups is 1. The fourth-order valence-electron chi connectivity index (χ4n) is 3.28. The largest absolute Gasteiger partial charge is 0.490 e. The number of hydrogen-bond acceptors (Lipinski definition) is 3. The molecule has 0 aromatic heterocycles. The highest BCUT2D eigenvalue weighted by atomic mass is 127. The van der Waals surface area contributed by atoms with Crippen molar-refractivity contribution in [2.45, 2.75) is 25.7 Å². The third-order valence-corrected chi connectivity index (χ3v) is 5.05. The van der Waals surface area contributed by atoms with E-state index in [1.165, 1.54) is 12.1 Å². The third kappa shape index (κ3) is 5.27. The van der Waals surface area contributed by atoms with Crippen molar-refractivity contribution in [3.8, 4) is 11.5 Å². The zero-order valence-corrected chi connectivity index (χ0v) is 17.9. The van der Waals surface area contributed by atoms with Gasteiger partial charge in [-0.3, -0.25) is 4.99 Å². The van der Waals surface area contributed by atoms with Crippen molar-refractivity contribution < 1.29 is 13.9 Å². The van der Waals surface area contributed by atoms with Crippen LogP contribution in [-0.4, -0.2) is 25.7 Å². The van der Waals surface area contributed by atoms with Gasteiger partial charge in [0.15, 0.2) is 17.5 Å². The molecule has 28 heavy (non-hydrogen) atoms. The number of fused-ring (bicyclic) bond motifs is 1. The number of benzene rings is 2. The lowest BCUT2D eigenvalue weighted by Gasteiger charge is -2.14. The lowest BCUT2D eigenvalue weighted by molar-refractivity contribution is 0.297. The molecule has 0 spiro atoms. The van der Waals surface area contributed by atoms with Crippen molar-refractivity contribution in [2.24, 2.45) is 16.1 Å². The fraction of sp³-hybridized carbons (Fsp3) is 0.381. The van der Waals surface area contributed by atoms with Crippen LogP contribution in [0.3, 0.4) is 0 Å². The van der Waals surface area contributed by atoms with Crippen LogP contribution in [0.15, 0.2) is 47.5 Å². The van der Waals surface area contributed by atoms with Crippen molar-refractivity contribution >= 4 is 35.6 Å². The lowest BCUT2D eigenvalue weighted by atomic mass is 9.97. The van der Waals surface area contributed by atoms with Gasteiger partial charge in [-0.1, -0.05) is 12.1 Å². The molecule has 0 radical (unpaired) electrons. The molecule has 0 saturated heterocycles. The quantitative estimate of drug-likeness (QED) is 0.366. The summed E-state index contributed by atoms with van der Waals surface area (Å²) in [5.41, 5.74) is 8.19. The Bertz CT molecular complexity index is 838. The lowest BCUT2D eigenvalue weighted by Crippen LogP contribution is -2.24. The average molecular weight is 497 g/mol. The van der Waals surface area contributed by atoms with Crippen LogP contribution in [0.2, 0.25) is 0 Å². The second-order valence-corrected chi connectivity index (χ2v) is 7.34. The number of hydrogen-bond donors (Lipinski definition) is 2. The molecule has 1 aliphatic heterocycles. The van der Waals surface area contributed by atoms with Crippen LogP contribution in [0, 0.1) is 11.2 Å². The Balaban J connectivity index is 0.00000225. The first-order valence-electron chi connectivity index (χ1n) is 9.33. The monoisotopic (exact) mass is 497 g/mol. The Morgan fingerprint density at radius 3 is 2.50 bits per heavy atom. The molecule has 5 nitrogen and oxygen atoms in total. The molecule has 4 rings (SSSR count). The molecule has 1 saturated carbocycles. The van der Waals surface area contributed by atoms with Crippen molar-refractivity contribution in [1.82, 2.24) is 0 Å². The predicted octanol–water partition coefficient (Wildman–Crippen LogP) is 4.35. The van der Waals surface area contributed by atoms with Crippen molar-refractivity contribution in [1.29, 1.82) is 0 Å². The van der Waals surface area contributed by atoms with Crippen LogP contribution >= 0.6 is 24.0 Å². The molecule has 3 N–H and O–H groups in total. The van der Waals surface area contributed by atoms with Crippen LogP contribution in [0.4, 0.5) is 10.1 Å². The zero-order chi connectivity index (χ0) is 18.7. The number of nitrogens with two attached hydrogens (primary N) is 1. The standard InChI is InChI=1S/C21H24FN3O2.HI/c22-16-4-2-15(3-5-16)13-21(8-9-21)14-24-20(23)25-17-6-7-18-19(12-17)27-11-1-10-26-18;/h2-7,12H,1,8-11,13-14H2,(H3,23,24,25);1H. The molecule has 2 aliphatic rings. The molecule has 150 valence electrons. The van der Waals surface area contributed by atoms with Gasteiger partial charge in [-0.2, -0.15) is 0 Å². The third-order valence-electron chi connectivity index (χ3n) is 5.05. The number of nitrogens with one attached hydrogen (secondary N) is 1. The summed E-state index contributed by atoms with van der Waals surface area (Å²) in [4.78, 5) is 4.54. The fourth-order valence-corrected chi connectivity index (χ4v) is 3.28. The molecule has 1 aliphatic carbocycles. The maximum atomic E-state index is 13.1. The molecular weight excluding hydrogens is 472 g/mol. The van der Waals surface area contributed by atoms with Crippen LogP contribution in [0.1, 0.15) is 24.8 Å². The maximum absolute atomic E-state index is 13.1. The molecule has 0 atom stereocenters. The van der Waals surface area contributed by atoms with E-state index in [-0.39, 0.29) is 35.2 Å². The second-order valence-electron chi connectivity index (χ2n) is 7.34. The molecule has 1 fully saturated rings. The topological polar surface area (TPSA) is 68.9 Å². The summed E-state index contributed by atoms with van der Waals surface area (Å²) >= 11 is 0. The number of anilines is 1.